The van der Waals surface area contributed by atoms with E-state index in [1.54, 1.807) is 0 Å². The van der Waals surface area contributed by atoms with E-state index >= 15 is 0 Å². The van der Waals surface area contributed by atoms with E-state index in [4.69, 9.17) is 0 Å². The van der Waals surface area contributed by atoms with Gasteiger partial charge in [-0.15, -0.1) is 0 Å². The highest BCUT2D eigenvalue weighted by Gasteiger charge is 2.25. The van der Waals surface area contributed by atoms with Gasteiger partial charge in [0.05, 0.1) is 0 Å². The summed E-state index contributed by atoms with van der Waals surface area (Å²) in [5, 5.41) is 3.02. The summed E-state index contributed by atoms with van der Waals surface area (Å²) in [5.74, 6) is 0. The van der Waals surface area contributed by atoms with Gasteiger partial charge in [0.1, 0.15) is 0 Å². The first-order valence-corrected chi connectivity index (χ1v) is 8.99. The van der Waals surface area contributed by atoms with Crippen LogP contribution in [0.25, 0.3) is 0 Å². The van der Waals surface area contributed by atoms with Crippen molar-refractivity contribution < 1.29 is 4.79 Å². The van der Waals surface area contributed by atoms with Crippen LogP contribution >= 0.6 is 0 Å². The maximum absolute atomic E-state index is 12.4. The zero-order valence-electron chi connectivity index (χ0n) is 15.2. The van der Waals surface area contributed by atoms with Crippen molar-refractivity contribution in [2.75, 3.05) is 20.1 Å². The predicted molar refractivity (Wildman–Crippen MR) is 100 cm³/mol. The first kappa shape index (κ1) is 17.5. The molecule has 1 aliphatic rings. The number of hydrogen-bond acceptors (Lipinski definition) is 2. The van der Waals surface area contributed by atoms with Crippen molar-refractivity contribution in [2.24, 2.45) is 7.05 Å². The molecule has 3 rings (SSSR count). The molecule has 0 spiro atoms. The third-order valence-electron chi connectivity index (χ3n) is 5.01. The summed E-state index contributed by atoms with van der Waals surface area (Å²) in [7, 11) is 3.90. The summed E-state index contributed by atoms with van der Waals surface area (Å²) < 4.78 is 1.99. The lowest BCUT2D eigenvalue weighted by Gasteiger charge is -2.36. The molecule has 5 heteroatoms. The van der Waals surface area contributed by atoms with Gasteiger partial charge < -0.3 is 14.8 Å². The van der Waals surface area contributed by atoms with Crippen LogP contribution in [0.4, 0.5) is 4.79 Å². The Bertz CT molecular complexity index is 674. The number of rotatable bonds is 5. The highest BCUT2D eigenvalue weighted by molar-refractivity contribution is 5.74. The SMILES string of the molecule is CN(C(=O)NCc1ccn(C)c1)C1CCN(Cc2ccccc2)CC1. The molecule has 2 aromatic rings. The van der Waals surface area contributed by atoms with E-state index in [1.165, 1.54) is 5.56 Å². The molecule has 1 fully saturated rings. The van der Waals surface area contributed by atoms with Crippen LogP contribution in [0.15, 0.2) is 48.8 Å². The van der Waals surface area contributed by atoms with E-state index < -0.39 is 0 Å². The number of urea groups is 1. The fraction of sp³-hybridized carbons (Fsp3) is 0.450. The molecule has 0 unspecified atom stereocenters. The van der Waals surface area contributed by atoms with E-state index in [0.29, 0.717) is 12.6 Å². The molecule has 1 aromatic carbocycles. The Morgan fingerprint density at radius 3 is 2.52 bits per heavy atom. The molecule has 25 heavy (non-hydrogen) atoms. The maximum Gasteiger partial charge on any atom is 0.317 e. The summed E-state index contributed by atoms with van der Waals surface area (Å²) in [6, 6.07) is 13.0. The summed E-state index contributed by atoms with van der Waals surface area (Å²) >= 11 is 0. The molecule has 2 amide bonds. The third-order valence-corrected chi connectivity index (χ3v) is 5.01. The standard InChI is InChI=1S/C20H28N4O/c1-22-11-8-18(15-22)14-21-20(25)23(2)19-9-12-24(13-10-19)16-17-6-4-3-5-7-17/h3-8,11,15,19H,9-10,12-14,16H2,1-2H3,(H,21,25). The molecule has 0 aliphatic carbocycles. The van der Waals surface area contributed by atoms with Crippen molar-refractivity contribution in [3.05, 3.63) is 59.9 Å². The van der Waals surface area contributed by atoms with Crippen LogP contribution in [0.1, 0.15) is 24.0 Å². The van der Waals surface area contributed by atoms with Crippen molar-refractivity contribution in [3.63, 3.8) is 0 Å². The number of amides is 2. The monoisotopic (exact) mass is 340 g/mol. The average molecular weight is 340 g/mol. The molecule has 0 radical (unpaired) electrons. The fourth-order valence-corrected chi connectivity index (χ4v) is 3.44. The number of carbonyl (C=O) groups is 1. The zero-order chi connectivity index (χ0) is 17.6. The molecule has 1 aromatic heterocycles. The number of nitrogens with one attached hydrogen (secondary N) is 1. The van der Waals surface area contributed by atoms with Crippen molar-refractivity contribution in [1.82, 2.24) is 19.7 Å². The molecular formula is C20H28N4O. The Morgan fingerprint density at radius 1 is 1.16 bits per heavy atom. The minimum atomic E-state index is 0.0189. The Hall–Kier alpha value is -2.27. The van der Waals surface area contributed by atoms with Crippen molar-refractivity contribution in [1.29, 1.82) is 0 Å². The van der Waals surface area contributed by atoms with Gasteiger partial charge in [0.25, 0.3) is 0 Å². The summed E-state index contributed by atoms with van der Waals surface area (Å²) in [6.07, 6.45) is 6.08. The Labute approximate surface area is 150 Å². The van der Waals surface area contributed by atoms with Gasteiger partial charge in [0, 0.05) is 58.7 Å². The number of piperidine rings is 1. The van der Waals surface area contributed by atoms with Crippen LogP contribution in [0.3, 0.4) is 0 Å². The van der Waals surface area contributed by atoms with Gasteiger partial charge in [0.15, 0.2) is 0 Å². The molecular weight excluding hydrogens is 312 g/mol. The molecule has 0 atom stereocenters. The molecule has 1 aliphatic heterocycles. The van der Waals surface area contributed by atoms with Crippen LogP contribution < -0.4 is 5.32 Å². The number of nitrogens with zero attached hydrogens (tertiary/aromatic N) is 3. The van der Waals surface area contributed by atoms with Gasteiger partial charge in [-0.3, -0.25) is 4.90 Å². The van der Waals surface area contributed by atoms with Crippen LogP contribution in [0, 0.1) is 0 Å². The summed E-state index contributed by atoms with van der Waals surface area (Å²) in [6.45, 7) is 3.65. The Kier molecular flexibility index (Phi) is 5.76. The minimum Gasteiger partial charge on any atom is -0.357 e. The van der Waals surface area contributed by atoms with Crippen LogP contribution in [0.5, 0.6) is 0 Å². The molecule has 1 N–H and O–H groups in total. The van der Waals surface area contributed by atoms with Gasteiger partial charge in [-0.25, -0.2) is 4.79 Å². The molecule has 0 bridgehead atoms. The van der Waals surface area contributed by atoms with E-state index in [-0.39, 0.29) is 6.03 Å². The van der Waals surface area contributed by atoms with E-state index in [9.17, 15) is 4.79 Å². The first-order valence-electron chi connectivity index (χ1n) is 8.99. The number of aryl methyl sites for hydroxylation is 1. The lowest BCUT2D eigenvalue weighted by atomic mass is 10.0. The van der Waals surface area contributed by atoms with Gasteiger partial charge in [-0.1, -0.05) is 30.3 Å². The lowest BCUT2D eigenvalue weighted by molar-refractivity contribution is 0.131. The largest absolute Gasteiger partial charge is 0.357 e. The number of benzene rings is 1. The Balaban J connectivity index is 1.42. The van der Waals surface area contributed by atoms with E-state index in [2.05, 4.69) is 40.5 Å². The highest BCUT2D eigenvalue weighted by Crippen LogP contribution is 2.17. The Morgan fingerprint density at radius 2 is 1.88 bits per heavy atom. The quantitative estimate of drug-likeness (QED) is 0.909. The topological polar surface area (TPSA) is 40.5 Å². The second-order valence-electron chi connectivity index (χ2n) is 6.95. The number of hydrogen-bond donors (Lipinski definition) is 1. The maximum atomic E-state index is 12.4. The fourth-order valence-electron chi connectivity index (χ4n) is 3.44. The predicted octanol–water partition coefficient (Wildman–Crippen LogP) is 2.83. The van der Waals surface area contributed by atoms with E-state index in [0.717, 1.165) is 38.0 Å². The van der Waals surface area contributed by atoms with Crippen LogP contribution in [-0.2, 0) is 20.1 Å². The first-order chi connectivity index (χ1) is 12.1. The number of carbonyl (C=O) groups excluding carboxylic acids is 1. The number of aromatic nitrogens is 1. The van der Waals surface area contributed by atoms with Crippen molar-refractivity contribution in [3.8, 4) is 0 Å². The normalized spacial score (nSPS) is 15.9. The van der Waals surface area contributed by atoms with Gasteiger partial charge in [0.2, 0.25) is 0 Å². The lowest BCUT2D eigenvalue weighted by Crippen LogP contribution is -2.48. The molecule has 2 heterocycles. The minimum absolute atomic E-state index is 0.0189. The van der Waals surface area contributed by atoms with Crippen molar-refractivity contribution >= 4 is 6.03 Å². The molecule has 1 saturated heterocycles. The van der Waals surface area contributed by atoms with Crippen LogP contribution in [-0.4, -0.2) is 46.6 Å². The molecule has 5 nitrogen and oxygen atoms in total. The molecule has 0 saturated carbocycles. The second kappa shape index (κ2) is 8.21. The van der Waals surface area contributed by atoms with Crippen LogP contribution in [0.2, 0.25) is 0 Å². The van der Waals surface area contributed by atoms with Gasteiger partial charge in [-0.05, 0) is 30.0 Å². The van der Waals surface area contributed by atoms with E-state index in [1.807, 2.05) is 42.0 Å². The number of likely N-dealkylation sites (tertiary alicyclic amines) is 1. The smallest absolute Gasteiger partial charge is 0.317 e. The highest BCUT2D eigenvalue weighted by atomic mass is 16.2. The second-order valence-corrected chi connectivity index (χ2v) is 6.95. The van der Waals surface area contributed by atoms with Crippen molar-refractivity contribution in [2.45, 2.75) is 32.0 Å². The van der Waals surface area contributed by atoms with Gasteiger partial charge in [-0.2, -0.15) is 0 Å². The zero-order valence-corrected chi connectivity index (χ0v) is 15.2. The summed E-state index contributed by atoms with van der Waals surface area (Å²) in [5.41, 5.74) is 2.48. The molecule has 134 valence electrons. The van der Waals surface area contributed by atoms with Gasteiger partial charge >= 0.3 is 6.03 Å². The summed E-state index contributed by atoms with van der Waals surface area (Å²) in [4.78, 5) is 16.7. The average Bonchev–Trinajstić information content (AvgIpc) is 3.06. The third kappa shape index (κ3) is 4.86.